The van der Waals surface area contributed by atoms with E-state index in [1.807, 2.05) is 24.7 Å². The Bertz CT molecular complexity index is 497. The standard InChI is InChI=1S/C14H18N2OS/c1-4-17-12-5-6-13(10(2)7-12)16-11(3)14-8-15-9-18-14/h5-9,11,16H,4H2,1-3H3. The zero-order chi connectivity index (χ0) is 13.0. The van der Waals surface area contributed by atoms with E-state index in [1.54, 1.807) is 11.3 Å². The third-order valence-corrected chi connectivity index (χ3v) is 3.72. The molecule has 1 heterocycles. The fourth-order valence-electron chi connectivity index (χ4n) is 1.80. The topological polar surface area (TPSA) is 34.1 Å². The molecule has 0 aliphatic rings. The molecule has 18 heavy (non-hydrogen) atoms. The Morgan fingerprint density at radius 2 is 2.28 bits per heavy atom. The Kier molecular flexibility index (Phi) is 4.20. The maximum absolute atomic E-state index is 5.48. The average Bonchev–Trinajstić information content (AvgIpc) is 2.86. The van der Waals surface area contributed by atoms with Crippen LogP contribution in [-0.4, -0.2) is 11.6 Å². The maximum atomic E-state index is 5.48. The number of hydrogen-bond acceptors (Lipinski definition) is 4. The molecule has 4 heteroatoms. The molecule has 0 saturated heterocycles. The number of aryl methyl sites for hydroxylation is 1. The Morgan fingerprint density at radius 3 is 2.89 bits per heavy atom. The van der Waals surface area contributed by atoms with Crippen LogP contribution in [0, 0.1) is 6.92 Å². The van der Waals surface area contributed by atoms with Crippen molar-refractivity contribution in [3.63, 3.8) is 0 Å². The largest absolute Gasteiger partial charge is 0.494 e. The predicted octanol–water partition coefficient (Wildman–Crippen LogP) is 4.02. The van der Waals surface area contributed by atoms with Crippen LogP contribution in [0.4, 0.5) is 5.69 Å². The zero-order valence-electron chi connectivity index (χ0n) is 10.9. The van der Waals surface area contributed by atoms with Crippen LogP contribution in [0.15, 0.2) is 29.9 Å². The summed E-state index contributed by atoms with van der Waals surface area (Å²) in [6, 6.07) is 6.40. The van der Waals surface area contributed by atoms with Gasteiger partial charge in [-0.25, -0.2) is 0 Å². The molecule has 0 radical (unpaired) electrons. The van der Waals surface area contributed by atoms with Gasteiger partial charge in [0.25, 0.3) is 0 Å². The van der Waals surface area contributed by atoms with E-state index in [-0.39, 0.29) is 6.04 Å². The van der Waals surface area contributed by atoms with Crippen molar-refractivity contribution in [2.45, 2.75) is 26.8 Å². The molecule has 0 saturated carbocycles. The van der Waals surface area contributed by atoms with Crippen molar-refractivity contribution in [2.24, 2.45) is 0 Å². The first-order valence-electron chi connectivity index (χ1n) is 6.09. The van der Waals surface area contributed by atoms with Crippen molar-refractivity contribution in [1.82, 2.24) is 4.98 Å². The Labute approximate surface area is 112 Å². The lowest BCUT2D eigenvalue weighted by molar-refractivity contribution is 0.340. The van der Waals surface area contributed by atoms with E-state index < -0.39 is 0 Å². The molecule has 2 rings (SSSR count). The summed E-state index contributed by atoms with van der Waals surface area (Å²) in [5.74, 6) is 0.922. The number of benzene rings is 1. The van der Waals surface area contributed by atoms with Gasteiger partial charge in [-0.2, -0.15) is 0 Å². The van der Waals surface area contributed by atoms with Gasteiger partial charge in [-0.1, -0.05) is 0 Å². The van der Waals surface area contributed by atoms with E-state index in [0.29, 0.717) is 6.61 Å². The van der Waals surface area contributed by atoms with Crippen molar-refractivity contribution in [2.75, 3.05) is 11.9 Å². The van der Waals surface area contributed by atoms with Gasteiger partial charge in [-0.05, 0) is 44.5 Å². The molecule has 96 valence electrons. The van der Waals surface area contributed by atoms with E-state index >= 15 is 0 Å². The monoisotopic (exact) mass is 262 g/mol. The van der Waals surface area contributed by atoms with Crippen LogP contribution in [-0.2, 0) is 0 Å². The van der Waals surface area contributed by atoms with Crippen LogP contribution in [0.5, 0.6) is 5.75 Å². The predicted molar refractivity (Wildman–Crippen MR) is 76.5 cm³/mol. The zero-order valence-corrected chi connectivity index (χ0v) is 11.8. The molecule has 3 nitrogen and oxygen atoms in total. The third kappa shape index (κ3) is 3.01. The molecule has 0 fully saturated rings. The van der Waals surface area contributed by atoms with Crippen LogP contribution in [0.25, 0.3) is 0 Å². The lowest BCUT2D eigenvalue weighted by Gasteiger charge is -2.16. The summed E-state index contributed by atoms with van der Waals surface area (Å²) in [6.45, 7) is 6.92. The Hall–Kier alpha value is -1.55. The second-order valence-electron chi connectivity index (χ2n) is 4.18. The molecule has 1 aromatic carbocycles. The first kappa shape index (κ1) is 12.9. The lowest BCUT2D eigenvalue weighted by Crippen LogP contribution is -2.06. The number of aromatic nitrogens is 1. The van der Waals surface area contributed by atoms with Gasteiger partial charge in [0, 0.05) is 16.8 Å². The average molecular weight is 262 g/mol. The molecule has 0 aliphatic carbocycles. The highest BCUT2D eigenvalue weighted by Crippen LogP contribution is 2.26. The number of thiazole rings is 1. The molecule has 0 amide bonds. The van der Waals surface area contributed by atoms with Crippen molar-refractivity contribution in [3.8, 4) is 5.75 Å². The van der Waals surface area contributed by atoms with Crippen molar-refractivity contribution < 1.29 is 4.74 Å². The summed E-state index contributed by atoms with van der Waals surface area (Å²) in [4.78, 5) is 5.34. The minimum Gasteiger partial charge on any atom is -0.494 e. The lowest BCUT2D eigenvalue weighted by atomic mass is 10.1. The van der Waals surface area contributed by atoms with Crippen LogP contribution >= 0.6 is 11.3 Å². The first-order chi connectivity index (χ1) is 8.70. The van der Waals surface area contributed by atoms with Crippen LogP contribution < -0.4 is 10.1 Å². The van der Waals surface area contributed by atoms with Crippen LogP contribution in [0.2, 0.25) is 0 Å². The molecular formula is C14H18N2OS. The fourth-order valence-corrected chi connectivity index (χ4v) is 2.43. The van der Waals surface area contributed by atoms with Gasteiger partial charge >= 0.3 is 0 Å². The highest BCUT2D eigenvalue weighted by Gasteiger charge is 2.08. The Morgan fingerprint density at radius 1 is 1.44 bits per heavy atom. The highest BCUT2D eigenvalue weighted by atomic mass is 32.1. The fraction of sp³-hybridized carbons (Fsp3) is 0.357. The molecule has 0 spiro atoms. The normalized spacial score (nSPS) is 12.2. The van der Waals surface area contributed by atoms with Crippen molar-refractivity contribution in [1.29, 1.82) is 0 Å². The van der Waals surface area contributed by atoms with Gasteiger partial charge in [0.05, 0.1) is 18.2 Å². The molecule has 2 aromatic rings. The molecule has 1 unspecified atom stereocenters. The summed E-state index contributed by atoms with van der Waals surface area (Å²) in [5.41, 5.74) is 4.19. The van der Waals surface area contributed by atoms with Crippen LogP contribution in [0.1, 0.15) is 30.3 Å². The van der Waals surface area contributed by atoms with E-state index in [2.05, 4.69) is 36.3 Å². The van der Waals surface area contributed by atoms with E-state index in [0.717, 1.165) is 11.4 Å². The number of nitrogens with one attached hydrogen (secondary N) is 1. The van der Waals surface area contributed by atoms with Gasteiger partial charge in [0.1, 0.15) is 5.75 Å². The van der Waals surface area contributed by atoms with Gasteiger partial charge in [0.15, 0.2) is 0 Å². The Balaban J connectivity index is 2.10. The van der Waals surface area contributed by atoms with Crippen molar-refractivity contribution >= 4 is 17.0 Å². The maximum Gasteiger partial charge on any atom is 0.119 e. The van der Waals surface area contributed by atoms with E-state index in [4.69, 9.17) is 4.74 Å². The number of ether oxygens (including phenoxy) is 1. The molecule has 1 atom stereocenters. The number of nitrogens with zero attached hydrogens (tertiary/aromatic N) is 1. The van der Waals surface area contributed by atoms with Crippen molar-refractivity contribution in [3.05, 3.63) is 40.3 Å². The minimum atomic E-state index is 0.272. The smallest absolute Gasteiger partial charge is 0.119 e. The quantitative estimate of drug-likeness (QED) is 0.883. The van der Waals surface area contributed by atoms with E-state index in [9.17, 15) is 0 Å². The number of hydrogen-bond donors (Lipinski definition) is 1. The SMILES string of the molecule is CCOc1ccc(NC(C)c2cncs2)c(C)c1. The minimum absolute atomic E-state index is 0.272. The van der Waals surface area contributed by atoms with E-state index in [1.165, 1.54) is 10.4 Å². The van der Waals surface area contributed by atoms with Gasteiger partial charge < -0.3 is 10.1 Å². The molecule has 0 aliphatic heterocycles. The highest BCUT2D eigenvalue weighted by molar-refractivity contribution is 7.09. The van der Waals surface area contributed by atoms with Gasteiger partial charge in [-0.3, -0.25) is 4.98 Å². The third-order valence-electron chi connectivity index (χ3n) is 2.76. The molecular weight excluding hydrogens is 244 g/mol. The summed E-state index contributed by atoms with van der Waals surface area (Å²) in [7, 11) is 0. The number of anilines is 1. The summed E-state index contributed by atoms with van der Waals surface area (Å²) in [6.07, 6.45) is 1.91. The van der Waals surface area contributed by atoms with Gasteiger partial charge in [-0.15, -0.1) is 11.3 Å². The second-order valence-corrected chi connectivity index (χ2v) is 5.10. The van der Waals surface area contributed by atoms with Gasteiger partial charge in [0.2, 0.25) is 0 Å². The molecule has 1 aromatic heterocycles. The summed E-state index contributed by atoms with van der Waals surface area (Å²) >= 11 is 1.67. The first-order valence-corrected chi connectivity index (χ1v) is 6.97. The van der Waals surface area contributed by atoms with Crippen LogP contribution in [0.3, 0.4) is 0 Å². The second kappa shape index (κ2) is 5.87. The summed E-state index contributed by atoms with van der Waals surface area (Å²) < 4.78 is 5.48. The number of rotatable bonds is 5. The summed E-state index contributed by atoms with van der Waals surface area (Å²) in [5, 5.41) is 3.50. The molecule has 0 bridgehead atoms. The molecule has 1 N–H and O–H groups in total.